The largest absolute Gasteiger partial charge is 0.458 e. The highest BCUT2D eigenvalue weighted by Gasteiger charge is 2.51. The van der Waals surface area contributed by atoms with Crippen LogP contribution in [0.1, 0.15) is 33.9 Å². The zero-order chi connectivity index (χ0) is 20.9. The monoisotopic (exact) mass is 405 g/mol. The van der Waals surface area contributed by atoms with Gasteiger partial charge >= 0.3 is 0 Å². The van der Waals surface area contributed by atoms with Gasteiger partial charge in [-0.05, 0) is 42.8 Å². The number of carbonyl (C=O) groups excluding carboxylic acids is 2. The SMILES string of the molecule is Cc1ccc(C(=O)C[C@]2(O)C(=O)N(Cc3ccc4c(c3)OCO4)c3ccccc32)o1. The third kappa shape index (κ3) is 2.86. The number of aryl methyl sites for hydroxylation is 1. The number of aliphatic hydroxyl groups is 1. The van der Waals surface area contributed by atoms with Crippen LogP contribution in [0.25, 0.3) is 0 Å². The van der Waals surface area contributed by atoms with E-state index in [-0.39, 0.29) is 19.1 Å². The van der Waals surface area contributed by atoms with E-state index >= 15 is 0 Å². The summed E-state index contributed by atoms with van der Waals surface area (Å²) in [6.07, 6.45) is -0.395. The van der Waals surface area contributed by atoms with Gasteiger partial charge in [-0.15, -0.1) is 0 Å². The maximum atomic E-state index is 13.3. The van der Waals surface area contributed by atoms with Crippen LogP contribution in [0.5, 0.6) is 11.5 Å². The maximum Gasteiger partial charge on any atom is 0.264 e. The Hall–Kier alpha value is -3.58. The van der Waals surface area contributed by atoms with Crippen molar-refractivity contribution < 1.29 is 28.6 Å². The lowest BCUT2D eigenvalue weighted by Gasteiger charge is -2.22. The average Bonchev–Trinajstić information content (AvgIpc) is 3.43. The fraction of sp³-hybridized carbons (Fsp3) is 0.217. The summed E-state index contributed by atoms with van der Waals surface area (Å²) < 4.78 is 16.1. The molecule has 5 rings (SSSR count). The number of carbonyl (C=O) groups is 2. The van der Waals surface area contributed by atoms with Crippen molar-refractivity contribution in [2.24, 2.45) is 0 Å². The van der Waals surface area contributed by atoms with E-state index in [9.17, 15) is 14.7 Å². The number of rotatable bonds is 5. The van der Waals surface area contributed by atoms with Gasteiger partial charge in [0, 0.05) is 5.56 Å². The molecular formula is C23H19NO6. The normalized spacial score (nSPS) is 19.3. The highest BCUT2D eigenvalue weighted by molar-refractivity contribution is 6.10. The van der Waals surface area contributed by atoms with Gasteiger partial charge in [0.05, 0.1) is 18.7 Å². The smallest absolute Gasteiger partial charge is 0.264 e. The van der Waals surface area contributed by atoms with Gasteiger partial charge in [0.25, 0.3) is 5.91 Å². The summed E-state index contributed by atoms with van der Waals surface area (Å²) in [5.41, 5.74) is -0.150. The number of ketones is 1. The Labute approximate surface area is 172 Å². The number of para-hydroxylation sites is 1. The van der Waals surface area contributed by atoms with Crippen LogP contribution in [0.2, 0.25) is 0 Å². The summed E-state index contributed by atoms with van der Waals surface area (Å²) in [7, 11) is 0. The second-order valence-electron chi connectivity index (χ2n) is 7.47. The molecule has 0 aliphatic carbocycles. The first-order chi connectivity index (χ1) is 14.5. The van der Waals surface area contributed by atoms with Gasteiger partial charge in [-0.1, -0.05) is 24.3 Å². The molecular weight excluding hydrogens is 386 g/mol. The van der Waals surface area contributed by atoms with Crippen molar-refractivity contribution >= 4 is 17.4 Å². The number of amides is 1. The molecule has 3 aromatic rings. The Morgan fingerprint density at radius 2 is 1.90 bits per heavy atom. The van der Waals surface area contributed by atoms with Crippen LogP contribution in [0.3, 0.4) is 0 Å². The maximum absolute atomic E-state index is 13.3. The number of fused-ring (bicyclic) bond motifs is 2. The van der Waals surface area contributed by atoms with Crippen molar-refractivity contribution in [3.8, 4) is 11.5 Å². The number of Topliss-reactive ketones (excluding diaryl/α,β-unsaturated/α-hetero) is 1. The predicted octanol–water partition coefficient (Wildman–Crippen LogP) is 3.32. The Morgan fingerprint density at radius 3 is 2.70 bits per heavy atom. The Bertz CT molecular complexity index is 1170. The summed E-state index contributed by atoms with van der Waals surface area (Å²) in [6.45, 7) is 2.12. The van der Waals surface area contributed by atoms with E-state index in [4.69, 9.17) is 13.9 Å². The molecule has 1 N–H and O–H groups in total. The summed E-state index contributed by atoms with van der Waals surface area (Å²) in [5.74, 6) is 1.01. The van der Waals surface area contributed by atoms with Crippen LogP contribution >= 0.6 is 0 Å². The highest BCUT2D eigenvalue weighted by Crippen LogP contribution is 2.44. The van der Waals surface area contributed by atoms with Crippen molar-refractivity contribution in [1.82, 2.24) is 0 Å². The molecule has 2 aliphatic heterocycles. The molecule has 0 bridgehead atoms. The van der Waals surface area contributed by atoms with Crippen molar-refractivity contribution in [2.75, 3.05) is 11.7 Å². The van der Waals surface area contributed by atoms with Crippen molar-refractivity contribution in [3.05, 3.63) is 77.2 Å². The molecule has 0 spiro atoms. The zero-order valence-corrected chi connectivity index (χ0v) is 16.3. The Balaban J connectivity index is 1.47. The minimum Gasteiger partial charge on any atom is -0.458 e. The minimum absolute atomic E-state index is 0.125. The lowest BCUT2D eigenvalue weighted by molar-refractivity contribution is -0.136. The summed E-state index contributed by atoms with van der Waals surface area (Å²) in [6, 6.07) is 15.6. The molecule has 0 unspecified atom stereocenters. The van der Waals surface area contributed by atoms with Crippen LogP contribution in [0.15, 0.2) is 59.0 Å². The third-order valence-electron chi connectivity index (χ3n) is 5.45. The second-order valence-corrected chi connectivity index (χ2v) is 7.47. The lowest BCUT2D eigenvalue weighted by Crippen LogP contribution is -2.41. The Morgan fingerprint density at radius 1 is 1.10 bits per heavy atom. The van der Waals surface area contributed by atoms with E-state index in [0.717, 1.165) is 5.56 Å². The van der Waals surface area contributed by atoms with Crippen LogP contribution in [0.4, 0.5) is 5.69 Å². The van der Waals surface area contributed by atoms with E-state index in [1.165, 1.54) is 4.90 Å². The van der Waals surface area contributed by atoms with Crippen LogP contribution in [0, 0.1) is 6.92 Å². The first-order valence-corrected chi connectivity index (χ1v) is 9.58. The van der Waals surface area contributed by atoms with E-state index < -0.39 is 23.7 Å². The molecule has 0 saturated heterocycles. The quantitative estimate of drug-likeness (QED) is 0.655. The zero-order valence-electron chi connectivity index (χ0n) is 16.3. The fourth-order valence-corrected chi connectivity index (χ4v) is 3.96. The number of furan rings is 1. The lowest BCUT2D eigenvalue weighted by atomic mass is 9.89. The highest BCUT2D eigenvalue weighted by atomic mass is 16.7. The molecule has 30 heavy (non-hydrogen) atoms. The van der Waals surface area contributed by atoms with Gasteiger partial charge in [0.15, 0.2) is 22.9 Å². The molecule has 1 atom stereocenters. The average molecular weight is 405 g/mol. The molecule has 0 radical (unpaired) electrons. The van der Waals surface area contributed by atoms with Gasteiger partial charge in [-0.3, -0.25) is 9.59 Å². The Kier molecular flexibility index (Phi) is 4.15. The summed E-state index contributed by atoms with van der Waals surface area (Å²) in [5, 5.41) is 11.4. The first kappa shape index (κ1) is 18.4. The summed E-state index contributed by atoms with van der Waals surface area (Å²) >= 11 is 0. The second kappa shape index (κ2) is 6.74. The predicted molar refractivity (Wildman–Crippen MR) is 106 cm³/mol. The number of ether oxygens (including phenoxy) is 2. The standard InChI is InChI=1S/C23H19NO6/c1-14-6-8-19(30-14)18(25)11-23(27)16-4-2-3-5-17(16)24(22(23)26)12-15-7-9-20-21(10-15)29-13-28-20/h2-10,27H,11-13H2,1H3/t23-/m1/s1. The van der Waals surface area contributed by atoms with Crippen molar-refractivity contribution in [2.45, 2.75) is 25.5 Å². The van der Waals surface area contributed by atoms with Gasteiger partial charge in [0.1, 0.15) is 5.76 Å². The molecule has 1 aromatic heterocycles. The number of anilines is 1. The minimum atomic E-state index is -1.95. The molecule has 0 saturated carbocycles. The molecule has 3 heterocycles. The van der Waals surface area contributed by atoms with Gasteiger partial charge in [0.2, 0.25) is 12.6 Å². The number of hydrogen-bond acceptors (Lipinski definition) is 6. The van der Waals surface area contributed by atoms with Crippen LogP contribution in [-0.4, -0.2) is 23.6 Å². The van der Waals surface area contributed by atoms with Crippen molar-refractivity contribution in [1.29, 1.82) is 0 Å². The molecule has 152 valence electrons. The van der Waals surface area contributed by atoms with Gasteiger partial charge in [-0.25, -0.2) is 0 Å². The molecule has 0 fully saturated rings. The van der Waals surface area contributed by atoms with Crippen LogP contribution < -0.4 is 14.4 Å². The fourth-order valence-electron chi connectivity index (χ4n) is 3.96. The third-order valence-corrected chi connectivity index (χ3v) is 5.45. The van der Waals surface area contributed by atoms with E-state index in [1.807, 2.05) is 12.1 Å². The number of hydrogen-bond donors (Lipinski definition) is 1. The van der Waals surface area contributed by atoms with E-state index in [0.29, 0.717) is 28.5 Å². The molecule has 1 amide bonds. The van der Waals surface area contributed by atoms with E-state index in [1.54, 1.807) is 49.4 Å². The van der Waals surface area contributed by atoms with E-state index in [2.05, 4.69) is 0 Å². The summed E-state index contributed by atoms with van der Waals surface area (Å²) in [4.78, 5) is 27.5. The molecule has 2 aromatic carbocycles. The number of nitrogens with zero attached hydrogens (tertiary/aromatic N) is 1. The topological polar surface area (TPSA) is 89.2 Å². The molecule has 2 aliphatic rings. The molecule has 7 heteroatoms. The number of benzene rings is 2. The van der Waals surface area contributed by atoms with Gasteiger partial charge in [-0.2, -0.15) is 0 Å². The molecule has 7 nitrogen and oxygen atoms in total. The first-order valence-electron chi connectivity index (χ1n) is 9.58. The van der Waals surface area contributed by atoms with Crippen molar-refractivity contribution in [3.63, 3.8) is 0 Å². The van der Waals surface area contributed by atoms with Gasteiger partial charge < -0.3 is 23.9 Å². The van der Waals surface area contributed by atoms with Crippen LogP contribution in [-0.2, 0) is 16.9 Å².